The summed E-state index contributed by atoms with van der Waals surface area (Å²) in [6.45, 7) is 4.29. The van der Waals surface area contributed by atoms with Crippen molar-refractivity contribution in [3.8, 4) is 0 Å². The van der Waals surface area contributed by atoms with E-state index in [1.54, 1.807) is 13.2 Å². The van der Waals surface area contributed by atoms with Crippen molar-refractivity contribution >= 4 is 15.9 Å². The molecule has 0 aliphatic rings. The molecule has 0 radical (unpaired) electrons. The maximum atomic E-state index is 13.1. The summed E-state index contributed by atoms with van der Waals surface area (Å²) in [5, 5.41) is 0. The Labute approximate surface area is 111 Å². The summed E-state index contributed by atoms with van der Waals surface area (Å²) in [4.78, 5) is 2.45. The average molecular weight is 304 g/mol. The number of methoxy groups -OCH3 is 1. The number of alkyl halides is 1. The highest BCUT2D eigenvalue weighted by atomic mass is 79.9. The molecule has 0 spiro atoms. The predicted molar refractivity (Wildman–Crippen MR) is 72.1 cm³/mol. The Balaban J connectivity index is 2.55. The van der Waals surface area contributed by atoms with Crippen LogP contribution in [0.1, 0.15) is 11.1 Å². The molecule has 2 nitrogen and oxygen atoms in total. The first kappa shape index (κ1) is 14.6. The summed E-state index contributed by atoms with van der Waals surface area (Å²) < 4.78 is 18.2. The zero-order valence-electron chi connectivity index (χ0n) is 10.5. The fourth-order valence-electron chi connectivity index (χ4n) is 1.74. The average Bonchev–Trinajstić information content (AvgIpc) is 2.23. The molecule has 1 aromatic rings. The van der Waals surface area contributed by atoms with E-state index in [2.05, 4.69) is 20.8 Å². The van der Waals surface area contributed by atoms with Crippen molar-refractivity contribution in [2.45, 2.75) is 18.3 Å². The van der Waals surface area contributed by atoms with E-state index >= 15 is 0 Å². The van der Waals surface area contributed by atoms with E-state index < -0.39 is 0 Å². The van der Waals surface area contributed by atoms with Crippen molar-refractivity contribution in [1.82, 2.24) is 4.90 Å². The molecule has 96 valence electrons. The van der Waals surface area contributed by atoms with Gasteiger partial charge in [0.15, 0.2) is 0 Å². The number of hydrogen-bond donors (Lipinski definition) is 0. The van der Waals surface area contributed by atoms with E-state index in [0.717, 1.165) is 24.2 Å². The van der Waals surface area contributed by atoms with Gasteiger partial charge in [-0.1, -0.05) is 22.0 Å². The zero-order chi connectivity index (χ0) is 12.8. The Morgan fingerprint density at radius 2 is 2.18 bits per heavy atom. The van der Waals surface area contributed by atoms with Gasteiger partial charge in [-0.3, -0.25) is 0 Å². The summed E-state index contributed by atoms with van der Waals surface area (Å²) in [6, 6.07) is 4.92. The van der Waals surface area contributed by atoms with Crippen LogP contribution in [-0.2, 0) is 11.3 Å². The Morgan fingerprint density at radius 1 is 1.47 bits per heavy atom. The van der Waals surface area contributed by atoms with E-state index in [9.17, 15) is 4.39 Å². The molecule has 0 saturated carbocycles. The van der Waals surface area contributed by atoms with Crippen molar-refractivity contribution in [3.05, 3.63) is 35.1 Å². The van der Waals surface area contributed by atoms with Gasteiger partial charge in [-0.15, -0.1) is 0 Å². The molecule has 1 atom stereocenters. The van der Waals surface area contributed by atoms with E-state index in [1.807, 2.05) is 20.0 Å². The van der Waals surface area contributed by atoms with E-state index in [1.165, 1.54) is 6.07 Å². The van der Waals surface area contributed by atoms with Crippen molar-refractivity contribution in [1.29, 1.82) is 0 Å². The van der Waals surface area contributed by atoms with Gasteiger partial charge in [-0.05, 0) is 37.2 Å². The molecule has 0 amide bonds. The molecule has 4 heteroatoms. The van der Waals surface area contributed by atoms with Gasteiger partial charge in [0, 0.05) is 20.2 Å². The monoisotopic (exact) mass is 303 g/mol. The van der Waals surface area contributed by atoms with Gasteiger partial charge in [0.25, 0.3) is 0 Å². The summed E-state index contributed by atoms with van der Waals surface area (Å²) >= 11 is 3.54. The molecule has 1 unspecified atom stereocenters. The first-order valence-corrected chi connectivity index (χ1v) is 6.51. The molecule has 0 fully saturated rings. The zero-order valence-corrected chi connectivity index (χ0v) is 12.1. The summed E-state index contributed by atoms with van der Waals surface area (Å²) in [5.41, 5.74) is 2.15. The fraction of sp³-hybridized carbons (Fsp3) is 0.538. The largest absolute Gasteiger partial charge is 0.383 e. The van der Waals surface area contributed by atoms with Crippen LogP contribution in [0.4, 0.5) is 4.39 Å². The van der Waals surface area contributed by atoms with Crippen LogP contribution in [0.2, 0.25) is 0 Å². The normalized spacial score (nSPS) is 13.1. The van der Waals surface area contributed by atoms with Crippen LogP contribution < -0.4 is 0 Å². The molecule has 0 saturated heterocycles. The minimum atomic E-state index is -0.175. The molecular weight excluding hydrogens is 285 g/mol. The van der Waals surface area contributed by atoms with Crippen molar-refractivity contribution in [2.75, 3.05) is 27.3 Å². The lowest BCUT2D eigenvalue weighted by molar-refractivity contribution is 0.185. The van der Waals surface area contributed by atoms with Gasteiger partial charge >= 0.3 is 0 Å². The molecule has 0 bridgehead atoms. The number of hydrogen-bond acceptors (Lipinski definition) is 2. The number of nitrogens with zero attached hydrogens (tertiary/aromatic N) is 1. The van der Waals surface area contributed by atoms with Gasteiger partial charge in [0.05, 0.1) is 11.4 Å². The Bertz CT molecular complexity index is 359. The highest BCUT2D eigenvalue weighted by molar-refractivity contribution is 9.09. The summed E-state index contributed by atoms with van der Waals surface area (Å²) in [6.07, 6.45) is 0. The molecule has 0 N–H and O–H groups in total. The van der Waals surface area contributed by atoms with Crippen LogP contribution in [0.25, 0.3) is 0 Å². The first-order chi connectivity index (χ1) is 8.02. The number of ether oxygens (including phenoxy) is 1. The van der Waals surface area contributed by atoms with Gasteiger partial charge in [0.2, 0.25) is 0 Å². The Morgan fingerprint density at radius 3 is 2.82 bits per heavy atom. The predicted octanol–water partition coefficient (Wildman–Crippen LogP) is 2.98. The lowest BCUT2D eigenvalue weighted by Crippen LogP contribution is -2.28. The number of benzene rings is 1. The highest BCUT2D eigenvalue weighted by Crippen LogP contribution is 2.13. The van der Waals surface area contributed by atoms with E-state index in [0.29, 0.717) is 11.4 Å². The molecule has 0 heterocycles. The molecule has 0 aliphatic heterocycles. The maximum absolute atomic E-state index is 13.1. The highest BCUT2D eigenvalue weighted by Gasteiger charge is 2.09. The number of aryl methyl sites for hydroxylation is 1. The molecule has 1 aromatic carbocycles. The first-order valence-electron chi connectivity index (χ1n) is 5.59. The van der Waals surface area contributed by atoms with Crippen LogP contribution in [0.15, 0.2) is 18.2 Å². The van der Waals surface area contributed by atoms with Crippen LogP contribution in [0.3, 0.4) is 0 Å². The molecule has 0 aliphatic carbocycles. The number of halogens is 2. The summed E-state index contributed by atoms with van der Waals surface area (Å²) in [5.74, 6) is -0.175. The summed E-state index contributed by atoms with van der Waals surface area (Å²) in [7, 11) is 3.71. The van der Waals surface area contributed by atoms with Crippen molar-refractivity contribution < 1.29 is 9.13 Å². The van der Waals surface area contributed by atoms with Crippen LogP contribution >= 0.6 is 15.9 Å². The van der Waals surface area contributed by atoms with Gasteiger partial charge in [0.1, 0.15) is 5.82 Å². The third-order valence-corrected chi connectivity index (χ3v) is 3.16. The minimum Gasteiger partial charge on any atom is -0.383 e. The molecule has 0 aromatic heterocycles. The maximum Gasteiger partial charge on any atom is 0.123 e. The topological polar surface area (TPSA) is 12.5 Å². The SMILES string of the molecule is COCC(Br)CN(C)Cc1cc(F)ccc1C. The third-order valence-electron chi connectivity index (χ3n) is 2.61. The molecular formula is C13H19BrFNO. The Kier molecular flexibility index (Phi) is 6.09. The van der Waals surface area contributed by atoms with Crippen molar-refractivity contribution in [2.24, 2.45) is 0 Å². The second-order valence-corrected chi connectivity index (χ2v) is 5.62. The smallest absolute Gasteiger partial charge is 0.123 e. The van der Waals surface area contributed by atoms with E-state index in [4.69, 9.17) is 4.74 Å². The lowest BCUT2D eigenvalue weighted by atomic mass is 10.1. The van der Waals surface area contributed by atoms with Gasteiger partial charge in [-0.25, -0.2) is 4.39 Å². The van der Waals surface area contributed by atoms with Crippen molar-refractivity contribution in [3.63, 3.8) is 0 Å². The molecule has 17 heavy (non-hydrogen) atoms. The van der Waals surface area contributed by atoms with Crippen LogP contribution in [0, 0.1) is 12.7 Å². The van der Waals surface area contributed by atoms with Crippen LogP contribution in [-0.4, -0.2) is 37.0 Å². The van der Waals surface area contributed by atoms with E-state index in [-0.39, 0.29) is 5.82 Å². The third kappa shape index (κ3) is 5.15. The fourth-order valence-corrected chi connectivity index (χ4v) is 2.50. The standard InChI is InChI=1S/C13H19BrFNO/c1-10-4-5-13(15)6-11(10)7-16(2)8-12(14)9-17-3/h4-6,12H,7-9H2,1-3H3. The van der Waals surface area contributed by atoms with Crippen LogP contribution in [0.5, 0.6) is 0 Å². The second-order valence-electron chi connectivity index (χ2n) is 4.32. The van der Waals surface area contributed by atoms with Gasteiger partial charge in [-0.2, -0.15) is 0 Å². The number of rotatable bonds is 6. The quantitative estimate of drug-likeness (QED) is 0.749. The minimum absolute atomic E-state index is 0.175. The second kappa shape index (κ2) is 7.09. The Hall–Kier alpha value is -0.450. The van der Waals surface area contributed by atoms with Gasteiger partial charge < -0.3 is 9.64 Å². The lowest BCUT2D eigenvalue weighted by Gasteiger charge is -2.20. The molecule has 1 rings (SSSR count).